The molecule has 4 rings (SSSR count). The Hall–Kier alpha value is -3.13. The molecule has 1 aromatic heterocycles. The van der Waals surface area contributed by atoms with Crippen LogP contribution in [0.5, 0.6) is 0 Å². The van der Waals surface area contributed by atoms with Crippen molar-refractivity contribution in [2.24, 2.45) is 0 Å². The van der Waals surface area contributed by atoms with Crippen LogP contribution in [0.1, 0.15) is 28.8 Å². The van der Waals surface area contributed by atoms with Gasteiger partial charge < -0.3 is 19.9 Å². The molecule has 2 aromatic carbocycles. The van der Waals surface area contributed by atoms with Gasteiger partial charge in [-0.2, -0.15) is 0 Å². The number of hydrogen-bond acceptors (Lipinski definition) is 4. The first-order valence-electron chi connectivity index (χ1n) is 10.8. The van der Waals surface area contributed by atoms with Gasteiger partial charge in [0.05, 0.1) is 12.6 Å². The first kappa shape index (κ1) is 24.0. The molecule has 2 amide bonds. The summed E-state index contributed by atoms with van der Waals surface area (Å²) in [6.45, 7) is 1.88. The molecule has 2 unspecified atom stereocenters. The van der Waals surface area contributed by atoms with Gasteiger partial charge in [-0.05, 0) is 61.0 Å². The summed E-state index contributed by atoms with van der Waals surface area (Å²) in [6.07, 6.45) is 0.839. The van der Waals surface area contributed by atoms with Gasteiger partial charge in [-0.15, -0.1) is 0 Å². The molecule has 0 radical (unpaired) electrons. The number of anilines is 1. The molecule has 0 saturated carbocycles. The lowest BCUT2D eigenvalue weighted by molar-refractivity contribution is -0.118. The summed E-state index contributed by atoms with van der Waals surface area (Å²) in [7, 11) is 0. The summed E-state index contributed by atoms with van der Waals surface area (Å²) >= 11 is 12.0. The Kier molecular flexibility index (Phi) is 7.07. The number of benzene rings is 2. The van der Waals surface area contributed by atoms with Crippen LogP contribution >= 0.6 is 23.2 Å². The fourth-order valence-electron chi connectivity index (χ4n) is 4.10. The van der Waals surface area contributed by atoms with Crippen LogP contribution in [-0.4, -0.2) is 40.2 Å². The number of amides is 2. The molecule has 9 heteroatoms. The molecule has 1 aliphatic heterocycles. The number of halogens is 2. The van der Waals surface area contributed by atoms with Gasteiger partial charge in [0.2, 0.25) is 5.91 Å². The molecule has 2 N–H and O–H groups in total. The third kappa shape index (κ3) is 5.01. The normalized spacial score (nSPS) is 18.7. The highest BCUT2D eigenvalue weighted by molar-refractivity contribution is 6.30. The van der Waals surface area contributed by atoms with Crippen LogP contribution in [0, 0.1) is 0 Å². The van der Waals surface area contributed by atoms with Crippen LogP contribution in [0.2, 0.25) is 10.0 Å². The molecule has 1 saturated heterocycles. The number of nitrogens with zero attached hydrogens (tertiary/aromatic N) is 2. The summed E-state index contributed by atoms with van der Waals surface area (Å²) in [5.41, 5.74) is 0.970. The zero-order chi connectivity index (χ0) is 24.4. The molecule has 2 heterocycles. The van der Waals surface area contributed by atoms with E-state index in [0.717, 1.165) is 5.56 Å². The number of rotatable bonds is 6. The molecular formula is C25H23Cl2N3O4. The summed E-state index contributed by atoms with van der Waals surface area (Å²) in [6, 6.07) is 15.8. The van der Waals surface area contributed by atoms with E-state index in [2.05, 4.69) is 5.32 Å². The maximum absolute atomic E-state index is 13.5. The lowest BCUT2D eigenvalue weighted by atomic mass is 9.94. The van der Waals surface area contributed by atoms with E-state index >= 15 is 0 Å². The van der Waals surface area contributed by atoms with Crippen molar-refractivity contribution in [1.82, 2.24) is 9.88 Å². The van der Waals surface area contributed by atoms with Gasteiger partial charge >= 0.3 is 0 Å². The van der Waals surface area contributed by atoms with Gasteiger partial charge in [0, 0.05) is 34.3 Å². The van der Waals surface area contributed by atoms with E-state index in [9.17, 15) is 19.5 Å². The second-order valence-electron chi connectivity index (χ2n) is 8.26. The maximum Gasteiger partial charge on any atom is 0.274 e. The number of carbonyl (C=O) groups excluding carboxylic acids is 2. The second-order valence-corrected chi connectivity index (χ2v) is 9.14. The minimum atomic E-state index is -0.894. The molecule has 0 bridgehead atoms. The van der Waals surface area contributed by atoms with Crippen molar-refractivity contribution >= 4 is 40.7 Å². The Morgan fingerprint density at radius 3 is 2.29 bits per heavy atom. The van der Waals surface area contributed by atoms with E-state index in [4.69, 9.17) is 23.2 Å². The maximum atomic E-state index is 13.5. The average Bonchev–Trinajstić information content (AvgIpc) is 3.12. The predicted octanol–water partition coefficient (Wildman–Crippen LogP) is 3.46. The van der Waals surface area contributed by atoms with Gasteiger partial charge in [0.15, 0.2) is 0 Å². The van der Waals surface area contributed by atoms with Crippen LogP contribution < -0.4 is 15.8 Å². The smallest absolute Gasteiger partial charge is 0.274 e. The van der Waals surface area contributed by atoms with Crippen molar-refractivity contribution in [1.29, 1.82) is 0 Å². The molecule has 1 fully saturated rings. The summed E-state index contributed by atoms with van der Waals surface area (Å²) in [4.78, 5) is 40.9. The lowest BCUT2D eigenvalue weighted by Crippen LogP contribution is -2.44. The van der Waals surface area contributed by atoms with Gasteiger partial charge in [-0.1, -0.05) is 35.3 Å². The molecular weight excluding hydrogens is 477 g/mol. The first-order chi connectivity index (χ1) is 16.2. The van der Waals surface area contributed by atoms with Crippen molar-refractivity contribution in [3.63, 3.8) is 0 Å². The predicted molar refractivity (Wildman–Crippen MR) is 132 cm³/mol. The molecule has 0 aliphatic carbocycles. The molecule has 1 aliphatic rings. The fraction of sp³-hybridized carbons (Fsp3) is 0.240. The second kappa shape index (κ2) is 10.0. The number of nitrogens with one attached hydrogen (secondary N) is 1. The van der Waals surface area contributed by atoms with Crippen LogP contribution in [0.25, 0.3) is 0 Å². The van der Waals surface area contributed by atoms with Gasteiger partial charge in [0.1, 0.15) is 11.7 Å². The Labute approximate surface area is 206 Å². The SMILES string of the molecule is CC(O)Cn1cccc(N2C[C@@H](c3ccc(Cl)cc3)C(NC(=O)c3ccc(Cl)cc3)C2=O)c1=O. The summed E-state index contributed by atoms with van der Waals surface area (Å²) in [5.74, 6) is -1.23. The molecule has 3 atom stereocenters. The highest BCUT2D eigenvalue weighted by atomic mass is 35.5. The highest BCUT2D eigenvalue weighted by Gasteiger charge is 2.43. The number of carbonyl (C=O) groups is 2. The largest absolute Gasteiger partial charge is 0.392 e. The first-order valence-corrected chi connectivity index (χ1v) is 11.5. The van der Waals surface area contributed by atoms with E-state index in [-0.39, 0.29) is 18.8 Å². The third-order valence-electron chi connectivity index (χ3n) is 5.76. The Morgan fingerprint density at radius 1 is 1.06 bits per heavy atom. The van der Waals surface area contributed by atoms with Crippen LogP contribution in [0.4, 0.5) is 5.69 Å². The quantitative estimate of drug-likeness (QED) is 0.543. The number of hydrogen-bond donors (Lipinski definition) is 2. The van der Waals surface area contributed by atoms with E-state index in [1.807, 2.05) is 12.1 Å². The Morgan fingerprint density at radius 2 is 1.68 bits per heavy atom. The Bertz CT molecular complexity index is 1260. The van der Waals surface area contributed by atoms with Crippen molar-refractivity contribution in [2.75, 3.05) is 11.4 Å². The topological polar surface area (TPSA) is 91.6 Å². The minimum absolute atomic E-state index is 0.103. The summed E-state index contributed by atoms with van der Waals surface area (Å²) < 4.78 is 1.37. The fourth-order valence-corrected chi connectivity index (χ4v) is 4.36. The molecule has 3 aromatic rings. The van der Waals surface area contributed by atoms with Crippen molar-refractivity contribution < 1.29 is 14.7 Å². The summed E-state index contributed by atoms with van der Waals surface area (Å²) in [5, 5.41) is 13.6. The van der Waals surface area contributed by atoms with Crippen molar-refractivity contribution in [3.8, 4) is 0 Å². The van der Waals surface area contributed by atoms with E-state index in [1.165, 1.54) is 9.47 Å². The minimum Gasteiger partial charge on any atom is -0.392 e. The molecule has 0 spiro atoms. The van der Waals surface area contributed by atoms with Gasteiger partial charge in [0.25, 0.3) is 11.5 Å². The average molecular weight is 500 g/mol. The van der Waals surface area contributed by atoms with E-state index in [1.54, 1.807) is 61.7 Å². The number of pyridine rings is 1. The highest BCUT2D eigenvalue weighted by Crippen LogP contribution is 2.32. The standard InChI is InChI=1S/C25H23Cl2N3O4/c1-15(31)13-29-12-2-3-21(24(29)33)30-14-20(16-4-8-18(26)9-5-16)22(25(30)34)28-23(32)17-6-10-19(27)11-7-17/h2-12,15,20,22,31H,13-14H2,1H3,(H,28,32)/t15?,20-,22?/m0/s1. The van der Waals surface area contributed by atoms with Crippen molar-refractivity contribution in [2.45, 2.75) is 31.5 Å². The zero-order valence-corrected chi connectivity index (χ0v) is 19.8. The molecule has 34 heavy (non-hydrogen) atoms. The zero-order valence-electron chi connectivity index (χ0n) is 18.3. The van der Waals surface area contributed by atoms with Gasteiger partial charge in [-0.25, -0.2) is 0 Å². The monoisotopic (exact) mass is 499 g/mol. The number of aromatic nitrogens is 1. The number of aliphatic hydroxyl groups is 1. The van der Waals surface area contributed by atoms with Crippen LogP contribution in [0.15, 0.2) is 71.7 Å². The van der Waals surface area contributed by atoms with Crippen molar-refractivity contribution in [3.05, 3.63) is 98.4 Å². The molecule has 7 nitrogen and oxygen atoms in total. The van der Waals surface area contributed by atoms with E-state index in [0.29, 0.717) is 15.6 Å². The van der Waals surface area contributed by atoms with E-state index < -0.39 is 35.4 Å². The van der Waals surface area contributed by atoms with Crippen LogP contribution in [-0.2, 0) is 11.3 Å². The van der Waals surface area contributed by atoms with Gasteiger partial charge in [-0.3, -0.25) is 14.4 Å². The number of aliphatic hydroxyl groups excluding tert-OH is 1. The lowest BCUT2D eigenvalue weighted by Gasteiger charge is -2.19. The molecule has 176 valence electrons. The third-order valence-corrected chi connectivity index (χ3v) is 6.26. The Balaban J connectivity index is 1.69. The van der Waals surface area contributed by atoms with Crippen LogP contribution in [0.3, 0.4) is 0 Å².